The Morgan fingerprint density at radius 1 is 1.31 bits per heavy atom. The molecule has 0 fully saturated rings. The number of carbonyl (C=O) groups is 1. The molecular weight excluding hydrogens is 220 g/mol. The first-order valence-corrected chi connectivity index (χ1v) is 6.44. The summed E-state index contributed by atoms with van der Waals surface area (Å²) in [5.74, 6) is -0.252. The van der Waals surface area contributed by atoms with Crippen LogP contribution in [0.4, 0.5) is 0 Å². The van der Waals surface area contributed by atoms with Crippen LogP contribution in [0.3, 0.4) is 0 Å². The fraction of sp³-hybridized carbons (Fsp3) is 0.462. The summed E-state index contributed by atoms with van der Waals surface area (Å²) in [6.45, 7) is 7.54. The van der Waals surface area contributed by atoms with Crippen molar-refractivity contribution in [1.82, 2.24) is 0 Å². The molecule has 0 amide bonds. The molecule has 0 N–H and O–H groups in total. The zero-order valence-corrected chi connectivity index (χ0v) is 11.3. The monoisotopic (exact) mass is 238 g/mol. The standard InChI is InChI=1S/C13H18O2S/c1-9-8-10(16-5)6-7-11(9)12(14)15-13(2,3)4/h6-8H,1-5H3. The van der Waals surface area contributed by atoms with Crippen LogP contribution in [0.2, 0.25) is 0 Å². The van der Waals surface area contributed by atoms with E-state index >= 15 is 0 Å². The van der Waals surface area contributed by atoms with Crippen LogP contribution < -0.4 is 0 Å². The second kappa shape index (κ2) is 4.91. The molecule has 1 aromatic rings. The Balaban J connectivity index is 2.93. The predicted molar refractivity (Wildman–Crippen MR) is 68.1 cm³/mol. The van der Waals surface area contributed by atoms with Crippen LogP contribution in [0.25, 0.3) is 0 Å². The lowest BCUT2D eigenvalue weighted by molar-refractivity contribution is 0.00687. The van der Waals surface area contributed by atoms with Crippen LogP contribution in [0, 0.1) is 6.92 Å². The molecule has 0 aliphatic rings. The van der Waals surface area contributed by atoms with Crippen molar-refractivity contribution in [2.45, 2.75) is 38.2 Å². The molecule has 0 spiro atoms. The summed E-state index contributed by atoms with van der Waals surface area (Å²) in [4.78, 5) is 13.0. The van der Waals surface area contributed by atoms with Gasteiger partial charge in [-0.3, -0.25) is 0 Å². The lowest BCUT2D eigenvalue weighted by atomic mass is 10.1. The fourth-order valence-corrected chi connectivity index (χ4v) is 1.82. The maximum absolute atomic E-state index is 11.9. The lowest BCUT2D eigenvalue weighted by Gasteiger charge is -2.20. The van der Waals surface area contributed by atoms with Crippen LogP contribution in [0.5, 0.6) is 0 Å². The molecule has 0 radical (unpaired) electrons. The van der Waals surface area contributed by atoms with Crippen LogP contribution >= 0.6 is 11.8 Å². The van der Waals surface area contributed by atoms with Gasteiger partial charge in [0.2, 0.25) is 0 Å². The molecule has 0 saturated carbocycles. The van der Waals surface area contributed by atoms with Crippen molar-refractivity contribution in [3.63, 3.8) is 0 Å². The minimum atomic E-state index is -0.443. The molecular formula is C13H18O2S. The van der Waals surface area contributed by atoms with Gasteiger partial charge in [0.05, 0.1) is 5.56 Å². The van der Waals surface area contributed by atoms with Crippen molar-refractivity contribution in [2.24, 2.45) is 0 Å². The van der Waals surface area contributed by atoms with E-state index in [0.717, 1.165) is 10.5 Å². The van der Waals surface area contributed by atoms with Gasteiger partial charge in [-0.15, -0.1) is 11.8 Å². The number of hydrogen-bond acceptors (Lipinski definition) is 3. The van der Waals surface area contributed by atoms with Gasteiger partial charge in [0, 0.05) is 4.90 Å². The molecule has 1 aromatic carbocycles. The average Bonchev–Trinajstić information content (AvgIpc) is 2.14. The van der Waals surface area contributed by atoms with E-state index in [0.29, 0.717) is 5.56 Å². The maximum atomic E-state index is 11.9. The minimum Gasteiger partial charge on any atom is -0.456 e. The largest absolute Gasteiger partial charge is 0.456 e. The van der Waals surface area contributed by atoms with Gasteiger partial charge >= 0.3 is 5.97 Å². The quantitative estimate of drug-likeness (QED) is 0.581. The van der Waals surface area contributed by atoms with Crippen LogP contribution in [-0.2, 0) is 4.74 Å². The highest BCUT2D eigenvalue weighted by Gasteiger charge is 2.19. The molecule has 0 saturated heterocycles. The zero-order valence-electron chi connectivity index (χ0n) is 10.5. The molecule has 16 heavy (non-hydrogen) atoms. The maximum Gasteiger partial charge on any atom is 0.338 e. The van der Waals surface area contributed by atoms with Gasteiger partial charge in [-0.25, -0.2) is 4.79 Å². The van der Waals surface area contributed by atoms with Crippen molar-refractivity contribution < 1.29 is 9.53 Å². The third kappa shape index (κ3) is 3.56. The molecule has 0 aromatic heterocycles. The summed E-state index contributed by atoms with van der Waals surface area (Å²) < 4.78 is 5.33. The second-order valence-electron chi connectivity index (χ2n) is 4.68. The van der Waals surface area contributed by atoms with E-state index in [4.69, 9.17) is 4.74 Å². The van der Waals surface area contributed by atoms with Gasteiger partial charge in [0.25, 0.3) is 0 Å². The Morgan fingerprint density at radius 3 is 2.38 bits per heavy atom. The Bertz CT molecular complexity index is 391. The molecule has 0 bridgehead atoms. The van der Waals surface area contributed by atoms with E-state index in [-0.39, 0.29) is 5.97 Å². The Labute approximate surface area is 101 Å². The Hall–Kier alpha value is -0.960. The van der Waals surface area contributed by atoms with Crippen molar-refractivity contribution in [3.05, 3.63) is 29.3 Å². The van der Waals surface area contributed by atoms with Crippen molar-refractivity contribution in [1.29, 1.82) is 0 Å². The topological polar surface area (TPSA) is 26.3 Å². The number of esters is 1. The first-order chi connectivity index (χ1) is 7.33. The van der Waals surface area contributed by atoms with E-state index in [9.17, 15) is 4.79 Å². The predicted octanol–water partition coefficient (Wildman–Crippen LogP) is 3.67. The minimum absolute atomic E-state index is 0.252. The van der Waals surface area contributed by atoms with E-state index < -0.39 is 5.60 Å². The number of benzene rings is 1. The summed E-state index contributed by atoms with van der Waals surface area (Å²) in [6.07, 6.45) is 2.02. The summed E-state index contributed by atoms with van der Waals surface area (Å²) in [5.41, 5.74) is 1.16. The van der Waals surface area contributed by atoms with Crippen LogP contribution in [0.1, 0.15) is 36.7 Å². The number of aryl methyl sites for hydroxylation is 1. The van der Waals surface area contributed by atoms with Crippen molar-refractivity contribution >= 4 is 17.7 Å². The Kier molecular flexibility index (Phi) is 4.03. The number of thioether (sulfide) groups is 1. The van der Waals surface area contributed by atoms with Crippen LogP contribution in [0.15, 0.2) is 23.1 Å². The van der Waals surface area contributed by atoms with Gasteiger partial charge in [0.1, 0.15) is 5.60 Å². The zero-order chi connectivity index (χ0) is 12.3. The molecule has 0 unspecified atom stereocenters. The van der Waals surface area contributed by atoms with Crippen molar-refractivity contribution in [2.75, 3.05) is 6.26 Å². The highest BCUT2D eigenvalue weighted by Crippen LogP contribution is 2.21. The molecule has 0 atom stereocenters. The molecule has 1 rings (SSSR count). The van der Waals surface area contributed by atoms with Gasteiger partial charge in [-0.2, -0.15) is 0 Å². The lowest BCUT2D eigenvalue weighted by Crippen LogP contribution is -2.24. The third-order valence-corrected chi connectivity index (χ3v) is 2.78. The van der Waals surface area contributed by atoms with Crippen LogP contribution in [-0.4, -0.2) is 17.8 Å². The van der Waals surface area contributed by atoms with E-state index in [1.165, 1.54) is 0 Å². The first kappa shape index (κ1) is 13.1. The molecule has 2 nitrogen and oxygen atoms in total. The summed E-state index contributed by atoms with van der Waals surface area (Å²) in [5, 5.41) is 0. The van der Waals surface area contributed by atoms with E-state index in [2.05, 4.69) is 0 Å². The van der Waals surface area contributed by atoms with E-state index in [1.54, 1.807) is 11.8 Å². The van der Waals surface area contributed by atoms with Gasteiger partial charge in [-0.1, -0.05) is 0 Å². The molecule has 0 aliphatic heterocycles. The average molecular weight is 238 g/mol. The highest BCUT2D eigenvalue weighted by molar-refractivity contribution is 7.98. The summed E-state index contributed by atoms with van der Waals surface area (Å²) in [7, 11) is 0. The smallest absolute Gasteiger partial charge is 0.338 e. The third-order valence-electron chi connectivity index (χ3n) is 2.05. The fourth-order valence-electron chi connectivity index (χ4n) is 1.33. The molecule has 0 aliphatic carbocycles. The highest BCUT2D eigenvalue weighted by atomic mass is 32.2. The SMILES string of the molecule is CSc1ccc(C(=O)OC(C)(C)C)c(C)c1. The molecule has 0 heterocycles. The first-order valence-electron chi connectivity index (χ1n) is 5.21. The number of carbonyl (C=O) groups excluding carboxylic acids is 1. The van der Waals surface area contributed by atoms with Gasteiger partial charge in [0.15, 0.2) is 0 Å². The molecule has 88 valence electrons. The second-order valence-corrected chi connectivity index (χ2v) is 5.56. The number of hydrogen-bond donors (Lipinski definition) is 0. The van der Waals surface area contributed by atoms with Crippen molar-refractivity contribution in [3.8, 4) is 0 Å². The normalized spacial score (nSPS) is 11.3. The molecule has 3 heteroatoms. The summed E-state index contributed by atoms with van der Waals surface area (Å²) in [6, 6.07) is 5.77. The summed E-state index contributed by atoms with van der Waals surface area (Å²) >= 11 is 1.66. The number of rotatable bonds is 2. The van der Waals surface area contributed by atoms with Gasteiger partial charge < -0.3 is 4.74 Å². The number of ether oxygens (including phenoxy) is 1. The van der Waals surface area contributed by atoms with Gasteiger partial charge in [-0.05, 0) is 57.7 Å². The Morgan fingerprint density at radius 2 is 1.94 bits per heavy atom. The van der Waals surface area contributed by atoms with E-state index in [1.807, 2.05) is 52.1 Å².